The number of pyridine rings is 1. The van der Waals surface area contributed by atoms with E-state index in [1.807, 2.05) is 0 Å². The van der Waals surface area contributed by atoms with Crippen molar-refractivity contribution < 1.29 is 13.5 Å². The smallest absolute Gasteiger partial charge is 0.238 e. The third-order valence-electron chi connectivity index (χ3n) is 3.17. The van der Waals surface area contributed by atoms with Gasteiger partial charge in [-0.25, -0.2) is 13.6 Å². The SMILES string of the molecule is NS(=O)(=O)c1ccc(N=Nc2c(O)ccc3ncccc23)cc1. The number of azo groups is 1. The maximum absolute atomic E-state index is 11.2. The van der Waals surface area contributed by atoms with Crippen LogP contribution in [0.25, 0.3) is 10.9 Å². The van der Waals surface area contributed by atoms with E-state index >= 15 is 0 Å². The Labute approximate surface area is 132 Å². The van der Waals surface area contributed by atoms with E-state index in [0.717, 1.165) is 0 Å². The minimum absolute atomic E-state index is 0.00587. The van der Waals surface area contributed by atoms with Gasteiger partial charge >= 0.3 is 0 Å². The molecule has 3 N–H and O–H groups in total. The number of nitrogens with zero attached hydrogens (tertiary/aromatic N) is 3. The first-order valence-corrected chi connectivity index (χ1v) is 8.11. The molecule has 0 fully saturated rings. The molecule has 3 aromatic rings. The number of phenols is 1. The molecule has 7 nitrogen and oxygen atoms in total. The average Bonchev–Trinajstić information content (AvgIpc) is 2.53. The number of fused-ring (bicyclic) bond motifs is 1. The molecule has 0 spiro atoms. The van der Waals surface area contributed by atoms with Gasteiger partial charge in [0.25, 0.3) is 0 Å². The summed E-state index contributed by atoms with van der Waals surface area (Å²) in [6.07, 6.45) is 1.65. The number of sulfonamides is 1. The van der Waals surface area contributed by atoms with E-state index in [-0.39, 0.29) is 10.6 Å². The van der Waals surface area contributed by atoms with Gasteiger partial charge in [0.05, 0.1) is 16.1 Å². The summed E-state index contributed by atoms with van der Waals surface area (Å²) in [6.45, 7) is 0. The molecule has 116 valence electrons. The molecule has 0 saturated carbocycles. The van der Waals surface area contributed by atoms with Crippen LogP contribution in [0.1, 0.15) is 0 Å². The highest BCUT2D eigenvalue weighted by Crippen LogP contribution is 2.35. The number of aromatic hydroxyl groups is 1. The largest absolute Gasteiger partial charge is 0.506 e. The van der Waals surface area contributed by atoms with E-state index in [0.29, 0.717) is 22.3 Å². The topological polar surface area (TPSA) is 118 Å². The second-order valence-electron chi connectivity index (χ2n) is 4.74. The molecule has 0 aliphatic rings. The van der Waals surface area contributed by atoms with Crippen LogP contribution in [-0.2, 0) is 10.0 Å². The lowest BCUT2D eigenvalue weighted by Crippen LogP contribution is -2.11. The molecule has 23 heavy (non-hydrogen) atoms. The zero-order valence-electron chi connectivity index (χ0n) is 11.8. The van der Waals surface area contributed by atoms with Gasteiger partial charge in [0.2, 0.25) is 10.0 Å². The summed E-state index contributed by atoms with van der Waals surface area (Å²) in [6, 6.07) is 12.3. The summed E-state index contributed by atoms with van der Waals surface area (Å²) < 4.78 is 22.4. The number of primary sulfonamides is 1. The van der Waals surface area contributed by atoms with Crippen LogP contribution < -0.4 is 5.14 Å². The summed E-state index contributed by atoms with van der Waals surface area (Å²) in [7, 11) is -3.74. The molecule has 1 aromatic heterocycles. The molecule has 0 aliphatic carbocycles. The van der Waals surface area contributed by atoms with Gasteiger partial charge in [0, 0.05) is 11.6 Å². The Balaban J connectivity index is 1.99. The molecule has 0 atom stereocenters. The van der Waals surface area contributed by atoms with Crippen molar-refractivity contribution in [3.05, 3.63) is 54.7 Å². The number of hydrogen-bond acceptors (Lipinski definition) is 6. The number of phenolic OH excluding ortho intramolecular Hbond substituents is 1. The molecule has 0 unspecified atom stereocenters. The monoisotopic (exact) mass is 328 g/mol. The highest BCUT2D eigenvalue weighted by Gasteiger charge is 2.08. The molecule has 2 aromatic carbocycles. The minimum Gasteiger partial charge on any atom is -0.506 e. The van der Waals surface area contributed by atoms with Crippen LogP contribution >= 0.6 is 0 Å². The average molecular weight is 328 g/mol. The fraction of sp³-hybridized carbons (Fsp3) is 0. The molecule has 0 aliphatic heterocycles. The predicted molar refractivity (Wildman–Crippen MR) is 85.4 cm³/mol. The molecule has 0 bridgehead atoms. The van der Waals surface area contributed by atoms with Crippen molar-refractivity contribution in [2.45, 2.75) is 4.90 Å². The van der Waals surface area contributed by atoms with E-state index in [9.17, 15) is 13.5 Å². The van der Waals surface area contributed by atoms with Crippen LogP contribution in [0, 0.1) is 0 Å². The van der Waals surface area contributed by atoms with Crippen molar-refractivity contribution in [3.8, 4) is 5.75 Å². The highest BCUT2D eigenvalue weighted by molar-refractivity contribution is 7.89. The first-order chi connectivity index (χ1) is 10.9. The second-order valence-corrected chi connectivity index (χ2v) is 6.30. The third-order valence-corrected chi connectivity index (χ3v) is 4.10. The van der Waals surface area contributed by atoms with Crippen LogP contribution in [-0.4, -0.2) is 18.5 Å². The Bertz CT molecular complexity index is 999. The van der Waals surface area contributed by atoms with Gasteiger partial charge in [-0.15, -0.1) is 5.11 Å². The van der Waals surface area contributed by atoms with E-state index < -0.39 is 10.0 Å². The molecule has 3 rings (SSSR count). The third kappa shape index (κ3) is 3.17. The molecule has 0 amide bonds. The summed E-state index contributed by atoms with van der Waals surface area (Å²) >= 11 is 0. The zero-order valence-corrected chi connectivity index (χ0v) is 12.6. The molecular weight excluding hydrogens is 316 g/mol. The van der Waals surface area contributed by atoms with Crippen LogP contribution in [0.3, 0.4) is 0 Å². The Morgan fingerprint density at radius 1 is 1.00 bits per heavy atom. The van der Waals surface area contributed by atoms with Crippen molar-refractivity contribution in [2.75, 3.05) is 0 Å². The first-order valence-electron chi connectivity index (χ1n) is 6.56. The van der Waals surface area contributed by atoms with Crippen molar-refractivity contribution in [1.82, 2.24) is 4.98 Å². The number of benzene rings is 2. The van der Waals surface area contributed by atoms with Crippen molar-refractivity contribution in [2.24, 2.45) is 15.4 Å². The molecule has 8 heteroatoms. The van der Waals surface area contributed by atoms with Gasteiger partial charge in [-0.05, 0) is 48.5 Å². The fourth-order valence-electron chi connectivity index (χ4n) is 2.04. The Hall–Kier alpha value is -2.84. The predicted octanol–water partition coefficient (Wildman–Crippen LogP) is 3.00. The van der Waals surface area contributed by atoms with Gasteiger partial charge in [0.1, 0.15) is 11.4 Å². The lowest BCUT2D eigenvalue weighted by atomic mass is 10.2. The van der Waals surface area contributed by atoms with E-state index in [2.05, 4.69) is 15.2 Å². The lowest BCUT2D eigenvalue weighted by molar-refractivity contribution is 0.477. The normalized spacial score (nSPS) is 12.0. The van der Waals surface area contributed by atoms with Crippen LogP contribution in [0.5, 0.6) is 5.75 Å². The Morgan fingerprint density at radius 2 is 1.74 bits per heavy atom. The molecule has 0 saturated heterocycles. The number of rotatable bonds is 3. The maximum atomic E-state index is 11.2. The van der Waals surface area contributed by atoms with Gasteiger partial charge in [-0.1, -0.05) is 0 Å². The molecular formula is C15H12N4O3S. The zero-order chi connectivity index (χ0) is 16.4. The highest BCUT2D eigenvalue weighted by atomic mass is 32.2. The summed E-state index contributed by atoms with van der Waals surface area (Å²) in [4.78, 5) is 4.18. The molecule has 1 heterocycles. The Morgan fingerprint density at radius 3 is 2.43 bits per heavy atom. The quantitative estimate of drug-likeness (QED) is 0.718. The Kier molecular flexibility index (Phi) is 3.77. The summed E-state index contributed by atoms with van der Waals surface area (Å²) in [5.41, 5.74) is 1.41. The number of hydrogen-bond donors (Lipinski definition) is 2. The second kappa shape index (κ2) is 5.75. The van der Waals surface area contributed by atoms with Gasteiger partial charge in [-0.2, -0.15) is 5.11 Å². The minimum atomic E-state index is -3.74. The summed E-state index contributed by atoms with van der Waals surface area (Å²) in [5, 5.41) is 23.7. The van der Waals surface area contributed by atoms with Gasteiger partial charge < -0.3 is 5.11 Å². The maximum Gasteiger partial charge on any atom is 0.238 e. The van der Waals surface area contributed by atoms with E-state index in [1.165, 1.54) is 30.3 Å². The van der Waals surface area contributed by atoms with Crippen molar-refractivity contribution in [1.29, 1.82) is 0 Å². The summed E-state index contributed by atoms with van der Waals surface area (Å²) in [5.74, 6) is -0.0181. The molecule has 0 radical (unpaired) electrons. The lowest BCUT2D eigenvalue weighted by Gasteiger charge is -2.03. The van der Waals surface area contributed by atoms with Crippen molar-refractivity contribution in [3.63, 3.8) is 0 Å². The van der Waals surface area contributed by atoms with Crippen LogP contribution in [0.4, 0.5) is 11.4 Å². The number of nitrogens with two attached hydrogens (primary N) is 1. The van der Waals surface area contributed by atoms with Crippen LogP contribution in [0.2, 0.25) is 0 Å². The van der Waals surface area contributed by atoms with Crippen LogP contribution in [0.15, 0.2) is 69.9 Å². The van der Waals surface area contributed by atoms with Gasteiger partial charge in [-0.3, -0.25) is 4.98 Å². The number of aromatic nitrogens is 1. The van der Waals surface area contributed by atoms with E-state index in [4.69, 9.17) is 5.14 Å². The van der Waals surface area contributed by atoms with Gasteiger partial charge in [0.15, 0.2) is 0 Å². The van der Waals surface area contributed by atoms with Crippen molar-refractivity contribution >= 4 is 32.3 Å². The standard InChI is InChI=1S/C15H12N4O3S/c16-23(21,22)11-5-3-10(4-6-11)18-19-15-12-2-1-9-17-13(12)7-8-14(15)20/h1-9,20H,(H2,16,21,22). The first kappa shape index (κ1) is 15.1. The fourth-order valence-corrected chi connectivity index (χ4v) is 2.56. The van der Waals surface area contributed by atoms with E-state index in [1.54, 1.807) is 24.4 Å².